The minimum atomic E-state index is -0.0496. The van der Waals surface area contributed by atoms with Crippen LogP contribution in [0.3, 0.4) is 0 Å². The van der Waals surface area contributed by atoms with E-state index in [2.05, 4.69) is 32.5 Å². The maximum atomic E-state index is 13.1. The van der Waals surface area contributed by atoms with Gasteiger partial charge < -0.3 is 24.7 Å². The smallest absolute Gasteiger partial charge is 0.295 e. The Morgan fingerprint density at radius 3 is 2.53 bits per heavy atom. The van der Waals surface area contributed by atoms with Crippen LogP contribution in [-0.2, 0) is 4.74 Å². The number of carbonyl (C=O) groups excluding carboxylic acids is 1. The Balaban J connectivity index is 0.00000136. The average molecular weight is 537 g/mol. The van der Waals surface area contributed by atoms with E-state index in [1.807, 2.05) is 18.2 Å². The van der Waals surface area contributed by atoms with Gasteiger partial charge in [0.1, 0.15) is 5.52 Å². The third kappa shape index (κ3) is 6.47. The molecule has 2 bridgehead atoms. The maximum Gasteiger partial charge on any atom is 0.295 e. The molecule has 0 aliphatic carbocycles. The summed E-state index contributed by atoms with van der Waals surface area (Å²) >= 11 is 0. The summed E-state index contributed by atoms with van der Waals surface area (Å²) < 4.78 is 11.2. The van der Waals surface area contributed by atoms with Crippen molar-refractivity contribution >= 4 is 60.2 Å². The molecule has 3 fully saturated rings. The minimum Gasteiger partial charge on any atom is -0.424 e. The second-order valence-corrected chi connectivity index (χ2v) is 9.10. The van der Waals surface area contributed by atoms with Crippen molar-refractivity contribution in [3.05, 3.63) is 23.8 Å². The fraction of sp³-hybridized carbons (Fsp3) is 0.652. The van der Waals surface area contributed by atoms with Gasteiger partial charge in [-0.2, -0.15) is 4.98 Å². The van der Waals surface area contributed by atoms with Crippen LogP contribution in [0.15, 0.2) is 22.6 Å². The first-order valence-electron chi connectivity index (χ1n) is 11.6. The Kier molecular flexibility index (Phi) is 11.2. The standard InChI is InChI=1S/C23H33N5O3.3ClH/c1-27-17-4-2-5-18(27)15-16(14-17)25-22(29)19-6-3-7-20-21(19)26-23(31-20)24-8-9-28-10-12-30-13-11-28;;;/h3,6-7,16-18H,2,4-5,8-15H2,1H3,(H,24,26)(H,25,29);3*1H. The number of hydrogen-bond donors (Lipinski definition) is 2. The predicted octanol–water partition coefficient (Wildman–Crippen LogP) is 3.58. The molecule has 1 aromatic heterocycles. The molecule has 0 radical (unpaired) electrons. The summed E-state index contributed by atoms with van der Waals surface area (Å²) in [5.74, 6) is -0.0496. The number of halogens is 3. The number of ether oxygens (including phenoxy) is 1. The molecule has 11 heteroatoms. The molecule has 0 saturated carbocycles. The van der Waals surface area contributed by atoms with Crippen LogP contribution in [0, 0.1) is 0 Å². The number of hydrogen-bond acceptors (Lipinski definition) is 7. The number of carbonyl (C=O) groups is 1. The van der Waals surface area contributed by atoms with Crippen molar-refractivity contribution < 1.29 is 13.9 Å². The molecular formula is C23H36Cl3N5O3. The molecule has 2 N–H and O–H groups in total. The number of morpholine rings is 1. The van der Waals surface area contributed by atoms with Crippen LogP contribution < -0.4 is 10.6 Å². The van der Waals surface area contributed by atoms with Gasteiger partial charge in [-0.25, -0.2) is 0 Å². The lowest BCUT2D eigenvalue weighted by Crippen LogP contribution is -2.55. The quantitative estimate of drug-likeness (QED) is 0.584. The molecule has 2 unspecified atom stereocenters. The topological polar surface area (TPSA) is 82.9 Å². The van der Waals surface area contributed by atoms with Crippen molar-refractivity contribution in [2.24, 2.45) is 0 Å². The molecule has 34 heavy (non-hydrogen) atoms. The van der Waals surface area contributed by atoms with Crippen LogP contribution in [-0.4, -0.2) is 85.3 Å². The number of rotatable bonds is 6. The number of piperidine rings is 2. The molecule has 4 heterocycles. The number of anilines is 1. The molecular weight excluding hydrogens is 501 g/mol. The Labute approximate surface area is 219 Å². The molecule has 2 aromatic rings. The van der Waals surface area contributed by atoms with Crippen molar-refractivity contribution in [1.82, 2.24) is 20.1 Å². The van der Waals surface area contributed by atoms with E-state index in [1.165, 1.54) is 19.3 Å². The van der Waals surface area contributed by atoms with Crippen molar-refractivity contribution in [2.45, 2.75) is 50.2 Å². The summed E-state index contributed by atoms with van der Waals surface area (Å²) in [5, 5.41) is 6.55. The zero-order valence-corrected chi connectivity index (χ0v) is 22.0. The lowest BCUT2D eigenvalue weighted by Gasteiger charge is -2.47. The number of amides is 1. The van der Waals surface area contributed by atoms with Crippen LogP contribution in [0.5, 0.6) is 0 Å². The summed E-state index contributed by atoms with van der Waals surface area (Å²) in [7, 11) is 2.23. The zero-order chi connectivity index (χ0) is 21.2. The van der Waals surface area contributed by atoms with Gasteiger partial charge in [0.2, 0.25) is 0 Å². The molecule has 3 aliphatic rings. The molecule has 3 aliphatic heterocycles. The van der Waals surface area contributed by atoms with E-state index in [4.69, 9.17) is 9.15 Å². The van der Waals surface area contributed by atoms with Gasteiger partial charge in [0.25, 0.3) is 11.9 Å². The molecule has 8 nitrogen and oxygen atoms in total. The fourth-order valence-corrected chi connectivity index (χ4v) is 5.35. The highest BCUT2D eigenvalue weighted by atomic mass is 35.5. The Morgan fingerprint density at radius 1 is 1.12 bits per heavy atom. The summed E-state index contributed by atoms with van der Waals surface area (Å²) in [6.45, 7) is 5.15. The average Bonchev–Trinajstić information content (AvgIpc) is 3.18. The van der Waals surface area contributed by atoms with Crippen LogP contribution >= 0.6 is 37.2 Å². The SMILES string of the molecule is CN1C2CCCC1CC(NC(=O)c1cccc3oc(NCCN4CCOCC4)nc13)C2.Cl.Cl.Cl. The predicted molar refractivity (Wildman–Crippen MR) is 141 cm³/mol. The van der Waals surface area contributed by atoms with Crippen molar-refractivity contribution in [2.75, 3.05) is 51.8 Å². The molecule has 192 valence electrons. The highest BCUT2D eigenvalue weighted by Crippen LogP contribution is 2.33. The lowest BCUT2D eigenvalue weighted by molar-refractivity contribution is 0.0398. The van der Waals surface area contributed by atoms with E-state index in [9.17, 15) is 4.79 Å². The summed E-state index contributed by atoms with van der Waals surface area (Å²) in [6.07, 6.45) is 5.83. The van der Waals surface area contributed by atoms with Gasteiger partial charge in [-0.1, -0.05) is 12.5 Å². The Morgan fingerprint density at radius 2 is 1.82 bits per heavy atom. The van der Waals surface area contributed by atoms with Crippen LogP contribution in [0.2, 0.25) is 0 Å². The Bertz CT molecular complexity index is 910. The monoisotopic (exact) mass is 535 g/mol. The number of oxazole rings is 1. The third-order valence-electron chi connectivity index (χ3n) is 7.15. The minimum absolute atomic E-state index is 0. The first kappa shape index (κ1) is 28.9. The van der Waals surface area contributed by atoms with Gasteiger partial charge in [-0.15, -0.1) is 37.2 Å². The van der Waals surface area contributed by atoms with Gasteiger partial charge in [0, 0.05) is 44.3 Å². The van der Waals surface area contributed by atoms with E-state index in [1.54, 1.807) is 0 Å². The van der Waals surface area contributed by atoms with Gasteiger partial charge in [-0.05, 0) is 44.9 Å². The second kappa shape index (κ2) is 13.1. The zero-order valence-electron chi connectivity index (χ0n) is 19.5. The van der Waals surface area contributed by atoms with Crippen molar-refractivity contribution in [1.29, 1.82) is 0 Å². The number of para-hydroxylation sites is 1. The van der Waals surface area contributed by atoms with Gasteiger partial charge in [0.15, 0.2) is 5.58 Å². The normalized spacial score (nSPS) is 24.9. The van der Waals surface area contributed by atoms with Crippen LogP contribution in [0.4, 0.5) is 6.01 Å². The van der Waals surface area contributed by atoms with E-state index >= 15 is 0 Å². The first-order chi connectivity index (χ1) is 15.2. The van der Waals surface area contributed by atoms with Crippen molar-refractivity contribution in [3.8, 4) is 0 Å². The van der Waals surface area contributed by atoms with Gasteiger partial charge >= 0.3 is 0 Å². The molecule has 1 amide bonds. The molecule has 3 saturated heterocycles. The van der Waals surface area contributed by atoms with E-state index in [0.717, 1.165) is 52.2 Å². The highest BCUT2D eigenvalue weighted by Gasteiger charge is 2.36. The summed E-state index contributed by atoms with van der Waals surface area (Å²) in [4.78, 5) is 22.6. The number of fused-ring (bicyclic) bond motifs is 3. The molecule has 2 atom stereocenters. The maximum absolute atomic E-state index is 13.1. The van der Waals surface area contributed by atoms with Crippen molar-refractivity contribution in [3.63, 3.8) is 0 Å². The number of nitrogens with one attached hydrogen (secondary N) is 2. The van der Waals surface area contributed by atoms with Crippen LogP contribution in [0.1, 0.15) is 42.5 Å². The highest BCUT2D eigenvalue weighted by molar-refractivity contribution is 6.04. The molecule has 5 rings (SSSR count). The number of benzene rings is 1. The summed E-state index contributed by atoms with van der Waals surface area (Å²) in [6, 6.07) is 7.44. The third-order valence-corrected chi connectivity index (χ3v) is 7.15. The molecule has 0 spiro atoms. The lowest BCUT2D eigenvalue weighted by atomic mass is 9.82. The first-order valence-corrected chi connectivity index (χ1v) is 11.6. The second-order valence-electron chi connectivity index (χ2n) is 9.10. The van der Waals surface area contributed by atoms with E-state index in [-0.39, 0.29) is 49.2 Å². The largest absolute Gasteiger partial charge is 0.424 e. The number of nitrogens with zero attached hydrogens (tertiary/aromatic N) is 3. The summed E-state index contributed by atoms with van der Waals surface area (Å²) in [5.41, 5.74) is 1.86. The van der Waals surface area contributed by atoms with E-state index < -0.39 is 0 Å². The Hall–Kier alpha value is -1.29. The van der Waals surface area contributed by atoms with E-state index in [0.29, 0.717) is 34.8 Å². The van der Waals surface area contributed by atoms with Gasteiger partial charge in [0.05, 0.1) is 18.8 Å². The molecule has 1 aromatic carbocycles. The van der Waals surface area contributed by atoms with Crippen LogP contribution in [0.25, 0.3) is 11.1 Å². The van der Waals surface area contributed by atoms with Gasteiger partial charge in [-0.3, -0.25) is 9.69 Å². The fourth-order valence-electron chi connectivity index (χ4n) is 5.35. The number of aromatic nitrogens is 1.